The lowest BCUT2D eigenvalue weighted by Crippen LogP contribution is -2.09. The van der Waals surface area contributed by atoms with E-state index in [9.17, 15) is 21.6 Å². The van der Waals surface area contributed by atoms with Crippen molar-refractivity contribution in [1.29, 1.82) is 0 Å². The molecular weight excluding hydrogens is 261 g/mol. The van der Waals surface area contributed by atoms with Crippen LogP contribution in [0.2, 0.25) is 0 Å². The zero-order valence-electron chi connectivity index (χ0n) is 7.20. The Labute approximate surface area is 89.2 Å². The van der Waals surface area contributed by atoms with Crippen LogP contribution in [0.5, 0.6) is 0 Å². The highest BCUT2D eigenvalue weighted by molar-refractivity contribution is 7.85. The molecule has 0 saturated heterocycles. The van der Waals surface area contributed by atoms with Crippen molar-refractivity contribution in [2.45, 2.75) is 18.0 Å². The Morgan fingerprint density at radius 3 is 2.13 bits per heavy atom. The SMILES string of the molecule is Cc1cc(S(=O)(=O)O)c(C(F)(F)F)o1.Cl. The standard InChI is InChI=1S/C6H5F3O4S.ClH/c1-3-2-4(14(10,11)12)5(13-3)6(7,8)9;/h2H,1H3,(H,10,11,12);1H. The van der Waals surface area contributed by atoms with Gasteiger partial charge in [-0.3, -0.25) is 4.55 Å². The fourth-order valence-corrected chi connectivity index (χ4v) is 1.59. The van der Waals surface area contributed by atoms with E-state index in [1.165, 1.54) is 0 Å². The summed E-state index contributed by atoms with van der Waals surface area (Å²) < 4.78 is 70.0. The molecule has 0 aromatic carbocycles. The second kappa shape index (κ2) is 4.03. The molecule has 88 valence electrons. The zero-order valence-corrected chi connectivity index (χ0v) is 8.83. The summed E-state index contributed by atoms with van der Waals surface area (Å²) in [4.78, 5) is -1.26. The minimum absolute atomic E-state index is 0. The van der Waals surface area contributed by atoms with Crippen LogP contribution in [0.1, 0.15) is 11.5 Å². The van der Waals surface area contributed by atoms with Gasteiger partial charge in [-0.15, -0.1) is 12.4 Å². The Hall–Kier alpha value is -0.730. The topological polar surface area (TPSA) is 67.5 Å². The van der Waals surface area contributed by atoms with E-state index in [2.05, 4.69) is 4.42 Å². The molecule has 1 N–H and O–H groups in total. The Bertz CT molecular complexity index is 447. The van der Waals surface area contributed by atoms with Gasteiger partial charge in [-0.05, 0) is 6.92 Å². The van der Waals surface area contributed by atoms with Crippen molar-refractivity contribution in [3.05, 3.63) is 17.6 Å². The summed E-state index contributed by atoms with van der Waals surface area (Å²) in [7, 11) is -4.91. The van der Waals surface area contributed by atoms with Gasteiger partial charge in [-0.25, -0.2) is 0 Å². The molecule has 0 aliphatic rings. The molecule has 0 bridgehead atoms. The predicted octanol–water partition coefficient (Wildman–Crippen LogP) is 2.28. The summed E-state index contributed by atoms with van der Waals surface area (Å²) >= 11 is 0. The van der Waals surface area contributed by atoms with Crippen molar-refractivity contribution in [3.8, 4) is 0 Å². The molecule has 0 atom stereocenters. The number of furan rings is 1. The third kappa shape index (κ3) is 3.11. The van der Waals surface area contributed by atoms with Crippen LogP contribution in [0.4, 0.5) is 13.2 Å². The van der Waals surface area contributed by atoms with Crippen molar-refractivity contribution < 1.29 is 30.6 Å². The fraction of sp³-hybridized carbons (Fsp3) is 0.333. The van der Waals surface area contributed by atoms with Crippen molar-refractivity contribution in [3.63, 3.8) is 0 Å². The van der Waals surface area contributed by atoms with Gasteiger partial charge in [-0.1, -0.05) is 0 Å². The van der Waals surface area contributed by atoms with Crippen LogP contribution in [-0.2, 0) is 16.3 Å². The Morgan fingerprint density at radius 1 is 1.40 bits per heavy atom. The van der Waals surface area contributed by atoms with E-state index in [1.54, 1.807) is 0 Å². The Kier molecular flexibility index (Phi) is 3.83. The average Bonchev–Trinajstić information content (AvgIpc) is 2.27. The number of rotatable bonds is 1. The number of hydrogen-bond donors (Lipinski definition) is 1. The highest BCUT2D eigenvalue weighted by Crippen LogP contribution is 2.35. The van der Waals surface area contributed by atoms with Crippen molar-refractivity contribution in [2.24, 2.45) is 0 Å². The van der Waals surface area contributed by atoms with E-state index < -0.39 is 27.0 Å². The highest BCUT2D eigenvalue weighted by Gasteiger charge is 2.41. The molecule has 0 radical (unpaired) electrons. The smallest absolute Gasteiger partial charge is 0.450 e. The lowest BCUT2D eigenvalue weighted by atomic mass is 10.4. The van der Waals surface area contributed by atoms with Crippen LogP contribution in [0.15, 0.2) is 15.4 Å². The third-order valence-corrected chi connectivity index (χ3v) is 2.22. The van der Waals surface area contributed by atoms with Gasteiger partial charge < -0.3 is 4.42 Å². The molecule has 0 spiro atoms. The third-order valence-electron chi connectivity index (χ3n) is 1.36. The first-order chi connectivity index (χ1) is 6.12. The molecular formula is C6H6ClF3O4S. The van der Waals surface area contributed by atoms with E-state index in [1.807, 2.05) is 0 Å². The van der Waals surface area contributed by atoms with Gasteiger partial charge in [0.1, 0.15) is 10.7 Å². The Balaban J connectivity index is 0.00000196. The molecule has 1 heterocycles. The summed E-state index contributed by atoms with van der Waals surface area (Å²) in [5.41, 5.74) is 0. The molecule has 15 heavy (non-hydrogen) atoms. The maximum Gasteiger partial charge on any atom is 0.450 e. The maximum absolute atomic E-state index is 12.1. The predicted molar refractivity (Wildman–Crippen MR) is 45.5 cm³/mol. The number of halogens is 4. The average molecular weight is 267 g/mol. The van der Waals surface area contributed by atoms with E-state index in [4.69, 9.17) is 4.55 Å². The van der Waals surface area contributed by atoms with Crippen molar-refractivity contribution in [1.82, 2.24) is 0 Å². The van der Waals surface area contributed by atoms with Crippen LogP contribution in [0.3, 0.4) is 0 Å². The summed E-state index contributed by atoms with van der Waals surface area (Å²) in [6.45, 7) is 1.14. The number of aryl methyl sites for hydroxylation is 1. The largest absolute Gasteiger partial charge is 0.455 e. The van der Waals surface area contributed by atoms with E-state index in [-0.39, 0.29) is 18.2 Å². The molecule has 4 nitrogen and oxygen atoms in total. The summed E-state index contributed by atoms with van der Waals surface area (Å²) in [6.07, 6.45) is -4.95. The molecule has 0 unspecified atom stereocenters. The first kappa shape index (κ1) is 14.3. The Morgan fingerprint density at radius 2 is 1.87 bits per heavy atom. The van der Waals surface area contributed by atoms with Crippen LogP contribution in [-0.4, -0.2) is 13.0 Å². The first-order valence-electron chi connectivity index (χ1n) is 3.27. The number of hydrogen-bond acceptors (Lipinski definition) is 3. The van der Waals surface area contributed by atoms with E-state index in [0.717, 1.165) is 6.92 Å². The maximum atomic E-state index is 12.1. The molecule has 0 aliphatic heterocycles. The first-order valence-corrected chi connectivity index (χ1v) is 4.71. The normalized spacial score (nSPS) is 12.3. The highest BCUT2D eigenvalue weighted by atomic mass is 35.5. The van der Waals surface area contributed by atoms with Gasteiger partial charge in [0.25, 0.3) is 10.1 Å². The zero-order chi connectivity index (χ0) is 11.1. The molecule has 0 amide bonds. The van der Waals surface area contributed by atoms with Gasteiger partial charge in [0, 0.05) is 6.07 Å². The molecule has 9 heteroatoms. The quantitative estimate of drug-likeness (QED) is 0.792. The second-order valence-corrected chi connectivity index (χ2v) is 3.91. The summed E-state index contributed by atoms with van der Waals surface area (Å²) in [5, 5.41) is 0. The van der Waals surface area contributed by atoms with Crippen LogP contribution >= 0.6 is 12.4 Å². The van der Waals surface area contributed by atoms with Crippen LogP contribution < -0.4 is 0 Å². The summed E-state index contributed by atoms with van der Waals surface area (Å²) in [6, 6.07) is 0.609. The van der Waals surface area contributed by atoms with Crippen LogP contribution in [0, 0.1) is 6.92 Å². The minimum atomic E-state index is -4.95. The molecule has 1 aromatic rings. The van der Waals surface area contributed by atoms with Gasteiger partial charge in [0.05, 0.1) is 0 Å². The molecule has 0 aliphatic carbocycles. The van der Waals surface area contributed by atoms with Crippen LogP contribution in [0.25, 0.3) is 0 Å². The van der Waals surface area contributed by atoms with E-state index >= 15 is 0 Å². The van der Waals surface area contributed by atoms with Gasteiger partial charge in [0.15, 0.2) is 0 Å². The fourth-order valence-electron chi connectivity index (χ4n) is 0.880. The molecule has 1 rings (SSSR count). The van der Waals surface area contributed by atoms with Gasteiger partial charge in [0.2, 0.25) is 5.76 Å². The summed E-state index contributed by atoms with van der Waals surface area (Å²) in [5.74, 6) is -1.96. The lowest BCUT2D eigenvalue weighted by molar-refractivity contribution is -0.156. The molecule has 0 saturated carbocycles. The van der Waals surface area contributed by atoms with Gasteiger partial charge in [-0.2, -0.15) is 21.6 Å². The molecule has 0 fully saturated rings. The van der Waals surface area contributed by atoms with Crippen molar-refractivity contribution >= 4 is 22.5 Å². The van der Waals surface area contributed by atoms with E-state index in [0.29, 0.717) is 6.07 Å². The monoisotopic (exact) mass is 266 g/mol. The number of alkyl halides is 3. The lowest BCUT2D eigenvalue weighted by Gasteiger charge is -2.03. The van der Waals surface area contributed by atoms with Gasteiger partial charge >= 0.3 is 6.18 Å². The molecule has 1 aromatic heterocycles. The minimum Gasteiger partial charge on any atom is -0.455 e. The van der Waals surface area contributed by atoms with Crippen molar-refractivity contribution in [2.75, 3.05) is 0 Å². The second-order valence-electron chi connectivity index (χ2n) is 2.52.